The summed E-state index contributed by atoms with van der Waals surface area (Å²) < 4.78 is 2.19. The average molecular weight is 443 g/mol. The maximum Gasteiger partial charge on any atom is 0.261 e. The molecule has 1 N–H and O–H groups in total. The van der Waals surface area contributed by atoms with Gasteiger partial charge in [-0.25, -0.2) is 9.97 Å². The van der Waals surface area contributed by atoms with Crippen LogP contribution >= 0.6 is 11.3 Å². The fourth-order valence-corrected chi connectivity index (χ4v) is 5.21. The molecule has 0 spiro atoms. The van der Waals surface area contributed by atoms with Crippen LogP contribution in [0.15, 0.2) is 48.8 Å². The summed E-state index contributed by atoms with van der Waals surface area (Å²) in [6.07, 6.45) is 7.23. The first-order chi connectivity index (χ1) is 15.6. The van der Waals surface area contributed by atoms with E-state index in [1.54, 1.807) is 18.5 Å². The maximum atomic E-state index is 12.7. The molecule has 160 valence electrons. The summed E-state index contributed by atoms with van der Waals surface area (Å²) in [4.78, 5) is 28.2. The van der Waals surface area contributed by atoms with Crippen molar-refractivity contribution < 1.29 is 4.79 Å². The number of hydrogen-bond donors (Lipinski definition) is 1. The lowest BCUT2D eigenvalue weighted by Gasteiger charge is -2.31. The average Bonchev–Trinajstić information content (AvgIpc) is 3.43. The summed E-state index contributed by atoms with van der Waals surface area (Å²) in [7, 11) is 0. The van der Waals surface area contributed by atoms with Crippen molar-refractivity contribution >= 4 is 28.3 Å². The van der Waals surface area contributed by atoms with Gasteiger partial charge in [0, 0.05) is 29.2 Å². The number of imidazole rings is 1. The van der Waals surface area contributed by atoms with Gasteiger partial charge in [-0.3, -0.25) is 9.78 Å². The lowest BCUT2D eigenvalue weighted by Crippen LogP contribution is -2.38. The molecule has 0 aromatic carbocycles. The van der Waals surface area contributed by atoms with Crippen molar-refractivity contribution in [2.75, 3.05) is 0 Å². The highest BCUT2D eigenvalue weighted by atomic mass is 32.1. The van der Waals surface area contributed by atoms with Crippen molar-refractivity contribution in [1.29, 1.82) is 5.26 Å². The van der Waals surface area contributed by atoms with E-state index in [9.17, 15) is 10.1 Å². The van der Waals surface area contributed by atoms with Crippen LogP contribution < -0.4 is 5.32 Å². The number of pyridine rings is 2. The van der Waals surface area contributed by atoms with E-state index in [-0.39, 0.29) is 18.0 Å². The van der Waals surface area contributed by atoms with E-state index in [0.29, 0.717) is 5.69 Å². The minimum absolute atomic E-state index is 0.00508. The zero-order chi connectivity index (χ0) is 22.1. The molecule has 0 aliphatic heterocycles. The first kappa shape index (κ1) is 20.3. The van der Waals surface area contributed by atoms with Crippen LogP contribution in [0.2, 0.25) is 0 Å². The van der Waals surface area contributed by atoms with Crippen LogP contribution in [0.3, 0.4) is 0 Å². The van der Waals surface area contributed by atoms with Gasteiger partial charge in [0.2, 0.25) is 0 Å². The zero-order valence-electron chi connectivity index (χ0n) is 17.7. The Balaban J connectivity index is 1.49. The Hall–Kier alpha value is -3.57. The molecule has 1 saturated carbocycles. The van der Waals surface area contributed by atoms with Gasteiger partial charge in [0.15, 0.2) is 5.82 Å². The van der Waals surface area contributed by atoms with Crippen molar-refractivity contribution in [3.8, 4) is 17.6 Å². The van der Waals surface area contributed by atoms with Crippen LogP contribution in [0.1, 0.15) is 52.0 Å². The van der Waals surface area contributed by atoms with E-state index < -0.39 is 0 Å². The summed E-state index contributed by atoms with van der Waals surface area (Å²) in [5, 5.41) is 12.5. The summed E-state index contributed by atoms with van der Waals surface area (Å²) in [6.45, 7) is 2.01. The molecule has 5 rings (SSSR count). The zero-order valence-corrected chi connectivity index (χ0v) is 18.5. The third kappa shape index (κ3) is 3.87. The summed E-state index contributed by atoms with van der Waals surface area (Å²) in [5.74, 6) is 0.762. The molecule has 32 heavy (non-hydrogen) atoms. The molecule has 8 heteroatoms. The first-order valence-electron chi connectivity index (χ1n) is 10.7. The number of carbonyl (C=O) groups excluding carboxylic acids is 1. The molecule has 1 fully saturated rings. The van der Waals surface area contributed by atoms with E-state index in [4.69, 9.17) is 4.98 Å². The number of nitrogens with zero attached hydrogens (tertiary/aromatic N) is 5. The van der Waals surface area contributed by atoms with Crippen LogP contribution in [-0.2, 0) is 0 Å². The van der Waals surface area contributed by atoms with Gasteiger partial charge in [-0.1, -0.05) is 6.07 Å². The van der Waals surface area contributed by atoms with Crippen molar-refractivity contribution in [3.05, 3.63) is 64.2 Å². The standard InChI is InChI=1S/C24H22N6OS/c1-15-8-9-22(32-15)24(31)28-16-5-4-6-18(11-16)30-21-14-27-17(13-25)12-20(21)29-23(30)19-7-2-3-10-26-19/h2-3,7-10,12,14,16,18H,4-6,11H2,1H3,(H,28,31). The van der Waals surface area contributed by atoms with Crippen molar-refractivity contribution in [2.45, 2.75) is 44.7 Å². The number of hydrogen-bond acceptors (Lipinski definition) is 6. The Morgan fingerprint density at radius 3 is 2.91 bits per heavy atom. The fourth-order valence-electron chi connectivity index (χ4n) is 4.44. The molecule has 1 aliphatic rings. The molecule has 4 aromatic rings. The van der Waals surface area contributed by atoms with Gasteiger partial charge in [-0.2, -0.15) is 5.26 Å². The number of carbonyl (C=O) groups is 1. The molecule has 0 bridgehead atoms. The second kappa shape index (κ2) is 8.52. The summed E-state index contributed by atoms with van der Waals surface area (Å²) in [6, 6.07) is 13.7. The lowest BCUT2D eigenvalue weighted by atomic mass is 9.90. The second-order valence-electron chi connectivity index (χ2n) is 8.09. The highest BCUT2D eigenvalue weighted by Crippen LogP contribution is 2.35. The number of rotatable bonds is 4. The molecule has 0 saturated heterocycles. The Morgan fingerprint density at radius 2 is 2.16 bits per heavy atom. The third-order valence-corrected chi connectivity index (χ3v) is 6.89. The molecular weight excluding hydrogens is 420 g/mol. The van der Waals surface area contributed by atoms with E-state index in [2.05, 4.69) is 25.9 Å². The van der Waals surface area contributed by atoms with Crippen LogP contribution in [0, 0.1) is 18.3 Å². The van der Waals surface area contributed by atoms with Gasteiger partial charge in [-0.15, -0.1) is 11.3 Å². The number of fused-ring (bicyclic) bond motifs is 1. The van der Waals surface area contributed by atoms with E-state index in [1.165, 1.54) is 11.3 Å². The number of nitrogens with one attached hydrogen (secondary N) is 1. The number of aromatic nitrogens is 4. The van der Waals surface area contributed by atoms with Gasteiger partial charge < -0.3 is 9.88 Å². The van der Waals surface area contributed by atoms with Gasteiger partial charge in [0.25, 0.3) is 5.91 Å². The Bertz CT molecular complexity index is 1320. The van der Waals surface area contributed by atoms with Crippen molar-refractivity contribution in [2.24, 2.45) is 0 Å². The fraction of sp³-hybridized carbons (Fsp3) is 0.292. The van der Waals surface area contributed by atoms with Crippen LogP contribution in [0.25, 0.3) is 22.6 Å². The number of nitriles is 1. The number of amides is 1. The Morgan fingerprint density at radius 1 is 1.25 bits per heavy atom. The molecule has 0 radical (unpaired) electrons. The lowest BCUT2D eigenvalue weighted by molar-refractivity contribution is 0.0925. The number of aryl methyl sites for hydroxylation is 1. The summed E-state index contributed by atoms with van der Waals surface area (Å²) >= 11 is 1.52. The molecule has 2 atom stereocenters. The van der Waals surface area contributed by atoms with Gasteiger partial charge in [0.1, 0.15) is 17.5 Å². The SMILES string of the molecule is Cc1ccc(C(=O)NC2CCCC(n3c(-c4ccccn4)nc4cc(C#N)ncc43)C2)s1. The molecule has 2 unspecified atom stereocenters. The second-order valence-corrected chi connectivity index (χ2v) is 9.38. The predicted octanol–water partition coefficient (Wildman–Crippen LogP) is 4.65. The Labute approximate surface area is 189 Å². The van der Waals surface area contributed by atoms with Gasteiger partial charge in [-0.05, 0) is 56.9 Å². The van der Waals surface area contributed by atoms with Crippen LogP contribution in [0.4, 0.5) is 0 Å². The first-order valence-corrected chi connectivity index (χ1v) is 11.5. The molecular formula is C24H22N6OS. The van der Waals surface area contributed by atoms with Gasteiger partial charge in [0.05, 0.1) is 22.1 Å². The van der Waals surface area contributed by atoms with Crippen LogP contribution in [0.5, 0.6) is 0 Å². The molecule has 4 heterocycles. The molecule has 1 aliphatic carbocycles. The predicted molar refractivity (Wildman–Crippen MR) is 123 cm³/mol. The van der Waals surface area contributed by atoms with Crippen molar-refractivity contribution in [3.63, 3.8) is 0 Å². The third-order valence-electron chi connectivity index (χ3n) is 5.90. The van der Waals surface area contributed by atoms with E-state index in [1.807, 2.05) is 37.3 Å². The maximum absolute atomic E-state index is 12.7. The minimum atomic E-state index is -0.00508. The summed E-state index contributed by atoms with van der Waals surface area (Å²) in [5.41, 5.74) is 2.74. The topological polar surface area (TPSA) is 96.5 Å². The monoisotopic (exact) mass is 442 g/mol. The number of thiophene rings is 1. The largest absolute Gasteiger partial charge is 0.349 e. The Kier molecular flexibility index (Phi) is 5.41. The smallest absolute Gasteiger partial charge is 0.261 e. The quantitative estimate of drug-likeness (QED) is 0.496. The van der Waals surface area contributed by atoms with Crippen molar-refractivity contribution in [1.82, 2.24) is 24.8 Å². The highest BCUT2D eigenvalue weighted by molar-refractivity contribution is 7.13. The van der Waals surface area contributed by atoms with Crippen LogP contribution in [-0.4, -0.2) is 31.5 Å². The molecule has 1 amide bonds. The minimum Gasteiger partial charge on any atom is -0.349 e. The molecule has 7 nitrogen and oxygen atoms in total. The molecule has 4 aromatic heterocycles. The van der Waals surface area contributed by atoms with E-state index >= 15 is 0 Å². The van der Waals surface area contributed by atoms with Gasteiger partial charge >= 0.3 is 0 Å². The highest BCUT2D eigenvalue weighted by Gasteiger charge is 2.29. The van der Waals surface area contributed by atoms with E-state index in [0.717, 1.165) is 58.0 Å². The normalized spacial score (nSPS) is 18.4.